The first-order valence-electron chi connectivity index (χ1n) is 13.4. The van der Waals surface area contributed by atoms with E-state index in [1.165, 1.54) is 12.1 Å². The van der Waals surface area contributed by atoms with Crippen molar-refractivity contribution in [1.82, 2.24) is 21.0 Å². The zero-order valence-electron chi connectivity index (χ0n) is 22.6. The monoisotopic (exact) mass is 532 g/mol. The molecular formula is C29H31ClFN7. The molecule has 0 saturated heterocycles. The summed E-state index contributed by atoms with van der Waals surface area (Å²) in [6, 6.07) is 10.7. The largest absolute Gasteiger partial charge is 0.377 e. The first-order valence-corrected chi connectivity index (χ1v) is 13.3. The number of aromatic nitrogens is 1. The van der Waals surface area contributed by atoms with Crippen LogP contribution in [0.15, 0.2) is 54.5 Å². The third-order valence-corrected chi connectivity index (χ3v) is 8.08. The minimum Gasteiger partial charge on any atom is -0.377 e. The van der Waals surface area contributed by atoms with Gasteiger partial charge < -0.3 is 16.1 Å². The first-order chi connectivity index (χ1) is 18.5. The van der Waals surface area contributed by atoms with Crippen molar-refractivity contribution < 1.29 is 5.76 Å². The van der Waals surface area contributed by atoms with Gasteiger partial charge in [0.25, 0.3) is 0 Å². The zero-order valence-corrected chi connectivity index (χ0v) is 22.4. The lowest BCUT2D eigenvalue weighted by Gasteiger charge is -2.33. The van der Waals surface area contributed by atoms with E-state index in [1.807, 2.05) is 17.3 Å². The number of nitrogens with zero attached hydrogens (tertiary/aromatic N) is 3. The maximum absolute atomic E-state index is 13.8. The highest BCUT2D eigenvalue weighted by molar-refractivity contribution is 6.35. The smallest absolute Gasteiger partial charge is 0.123 e. The zero-order chi connectivity index (χ0) is 27.6. The van der Waals surface area contributed by atoms with Crippen molar-refractivity contribution in [2.75, 3.05) is 10.6 Å². The highest BCUT2D eigenvalue weighted by atomic mass is 35.5. The molecule has 6 rings (SSSR count). The van der Waals surface area contributed by atoms with E-state index >= 15 is 0 Å². The molecule has 0 radical (unpaired) electrons. The number of hydrogen-bond donors (Lipinski definition) is 4. The molecule has 0 bridgehead atoms. The molecule has 7 nitrogen and oxygen atoms in total. The van der Waals surface area contributed by atoms with Gasteiger partial charge in [0.2, 0.25) is 0 Å². The van der Waals surface area contributed by atoms with Gasteiger partial charge >= 0.3 is 0 Å². The Morgan fingerprint density at radius 1 is 1.26 bits per heavy atom. The topological polar surface area (TPSA) is 88.0 Å². The van der Waals surface area contributed by atoms with Gasteiger partial charge in [-0.05, 0) is 60.9 Å². The number of nitriles is 1. The molecule has 2 aromatic carbocycles. The number of anilines is 2. The predicted octanol–water partition coefficient (Wildman–Crippen LogP) is 6.37. The Hall–Kier alpha value is -3.54. The van der Waals surface area contributed by atoms with Gasteiger partial charge in [-0.1, -0.05) is 44.5 Å². The molecule has 2 saturated carbocycles. The molecule has 38 heavy (non-hydrogen) atoms. The summed E-state index contributed by atoms with van der Waals surface area (Å²) in [5, 5.41) is 20.0. The number of rotatable bonds is 7. The number of fused-ring (bicyclic) bond motifs is 1. The summed E-state index contributed by atoms with van der Waals surface area (Å²) in [7, 11) is 0. The van der Waals surface area contributed by atoms with Crippen LogP contribution >= 0.6 is 11.6 Å². The number of pyridine rings is 1. The normalized spacial score (nSPS) is 20.2. The molecule has 9 heteroatoms. The van der Waals surface area contributed by atoms with E-state index in [0.717, 1.165) is 25.7 Å². The van der Waals surface area contributed by atoms with Crippen LogP contribution < -0.4 is 21.6 Å². The highest BCUT2D eigenvalue weighted by Crippen LogP contribution is 2.53. The minimum absolute atomic E-state index is 0.0189. The van der Waals surface area contributed by atoms with Gasteiger partial charge in [0.15, 0.2) is 0 Å². The average Bonchev–Trinajstić information content (AvgIpc) is 3.83. The third-order valence-electron chi connectivity index (χ3n) is 7.79. The molecule has 1 aliphatic heterocycles. The Labute approximate surface area is 228 Å². The van der Waals surface area contributed by atoms with Gasteiger partial charge in [-0.25, -0.2) is 4.39 Å². The molecule has 0 spiro atoms. The average molecular weight is 533 g/mol. The van der Waals surface area contributed by atoms with Crippen molar-refractivity contribution in [3.8, 4) is 6.07 Å². The molecule has 3 aromatic rings. The molecule has 1 atom stereocenters. The van der Waals surface area contributed by atoms with Crippen LogP contribution in [0.5, 0.6) is 0 Å². The lowest BCUT2D eigenvalue weighted by molar-refractivity contribution is 0.260. The highest BCUT2D eigenvalue weighted by Gasteiger charge is 2.52. The molecule has 0 unspecified atom stereocenters. The van der Waals surface area contributed by atoms with Crippen molar-refractivity contribution in [3.05, 3.63) is 76.5 Å². The summed E-state index contributed by atoms with van der Waals surface area (Å²) in [6.07, 6.45) is 7.60. The van der Waals surface area contributed by atoms with Crippen molar-refractivity contribution >= 4 is 33.9 Å². The van der Waals surface area contributed by atoms with E-state index in [1.54, 1.807) is 24.4 Å². The Morgan fingerprint density at radius 2 is 2.00 bits per heavy atom. The van der Waals surface area contributed by atoms with Crippen molar-refractivity contribution in [2.45, 2.75) is 64.1 Å². The number of hydrazine groups is 2. The standard InChI is InChI=1S/C29H31ClFN7/c1-28(2,3)29(10-11-29)35-25-18(14-32)15-33-27-22(25)12-20(13-23(27)30)34-26(17-4-6-19(31)7-5-17)24-16-38(37-36-24)21-8-9-21/h4-7,12-13,15-16,21,26,34,36-37H,8-11H2,1-3H3,(H,33,35)/t26-/m1/s1/i26D. The first kappa shape index (κ1) is 23.6. The fourth-order valence-corrected chi connectivity index (χ4v) is 5.31. The van der Waals surface area contributed by atoms with Crippen LogP contribution in [0.2, 0.25) is 5.02 Å². The second-order valence-electron chi connectivity index (χ2n) is 11.4. The number of nitrogens with one attached hydrogen (secondary N) is 4. The molecule has 2 heterocycles. The van der Waals surface area contributed by atoms with E-state index in [-0.39, 0.29) is 16.8 Å². The Kier molecular flexibility index (Phi) is 5.60. The fourth-order valence-electron chi connectivity index (χ4n) is 5.04. The Bertz CT molecular complexity index is 1520. The Morgan fingerprint density at radius 3 is 2.63 bits per heavy atom. The van der Waals surface area contributed by atoms with E-state index in [9.17, 15) is 11.0 Å². The van der Waals surface area contributed by atoms with E-state index in [2.05, 4.69) is 53.4 Å². The predicted molar refractivity (Wildman–Crippen MR) is 148 cm³/mol. The van der Waals surface area contributed by atoms with Gasteiger partial charge in [-0.2, -0.15) is 5.26 Å². The second-order valence-corrected chi connectivity index (χ2v) is 11.8. The molecule has 0 amide bonds. The summed E-state index contributed by atoms with van der Waals surface area (Å²) >= 11 is 6.76. The van der Waals surface area contributed by atoms with Crippen LogP contribution in [0, 0.1) is 22.6 Å². The summed E-state index contributed by atoms with van der Waals surface area (Å²) in [5.74, 6) is -0.375. The number of hydrogen-bond acceptors (Lipinski definition) is 7. The van der Waals surface area contributed by atoms with Crippen molar-refractivity contribution in [1.29, 1.82) is 5.26 Å². The molecule has 3 aliphatic rings. The lowest BCUT2D eigenvalue weighted by atomic mass is 9.83. The van der Waals surface area contributed by atoms with Gasteiger partial charge in [0.05, 0.1) is 34.9 Å². The summed E-state index contributed by atoms with van der Waals surface area (Å²) < 4.78 is 23.4. The number of halogens is 2. The van der Waals surface area contributed by atoms with Gasteiger partial charge in [-0.15, -0.1) is 5.53 Å². The summed E-state index contributed by atoms with van der Waals surface area (Å²) in [4.78, 5) is 4.49. The van der Waals surface area contributed by atoms with Crippen LogP contribution in [0.3, 0.4) is 0 Å². The van der Waals surface area contributed by atoms with Crippen molar-refractivity contribution in [2.24, 2.45) is 5.41 Å². The minimum atomic E-state index is -1.50. The summed E-state index contributed by atoms with van der Waals surface area (Å²) in [6.45, 7) is 6.59. The molecule has 2 aliphatic carbocycles. The summed E-state index contributed by atoms with van der Waals surface area (Å²) in [5.41, 5.74) is 9.49. The lowest BCUT2D eigenvalue weighted by Crippen LogP contribution is -2.38. The van der Waals surface area contributed by atoms with Crippen molar-refractivity contribution in [3.63, 3.8) is 0 Å². The van der Waals surface area contributed by atoms with Gasteiger partial charge in [0.1, 0.15) is 11.9 Å². The van der Waals surface area contributed by atoms with Gasteiger partial charge in [-0.3, -0.25) is 9.99 Å². The van der Waals surface area contributed by atoms with Crippen LogP contribution in [0.25, 0.3) is 10.9 Å². The molecule has 4 N–H and O–H groups in total. The second kappa shape index (κ2) is 9.04. The molecule has 1 aromatic heterocycles. The van der Waals surface area contributed by atoms with Crippen LogP contribution in [0.1, 0.15) is 65.0 Å². The maximum atomic E-state index is 13.8. The number of benzene rings is 2. The fraction of sp³-hybridized carbons (Fsp3) is 0.379. The maximum Gasteiger partial charge on any atom is 0.123 e. The van der Waals surface area contributed by atoms with Crippen LogP contribution in [-0.4, -0.2) is 21.6 Å². The Balaban J connectivity index is 1.45. The quantitative estimate of drug-likeness (QED) is 0.281. The molecule has 196 valence electrons. The van der Waals surface area contributed by atoms with E-state index in [4.69, 9.17) is 11.6 Å². The van der Waals surface area contributed by atoms with E-state index in [0.29, 0.717) is 50.2 Å². The third kappa shape index (κ3) is 4.50. The van der Waals surface area contributed by atoms with Gasteiger partial charge in [0, 0.05) is 35.1 Å². The van der Waals surface area contributed by atoms with E-state index < -0.39 is 6.02 Å². The molecule has 2 fully saturated rings. The molecular weight excluding hydrogens is 501 g/mol. The van der Waals surface area contributed by atoms with Crippen LogP contribution in [-0.2, 0) is 0 Å². The SMILES string of the molecule is [2H][C@](Nc1cc(Cl)c2ncc(C#N)c(NC3(C(C)(C)C)CC3)c2c1)(C1=CN(C2CC2)NN1)c1ccc(F)cc1. The van der Waals surface area contributed by atoms with Crippen LogP contribution in [0.4, 0.5) is 15.8 Å².